The molecule has 0 aromatic carbocycles. The maximum atomic E-state index is 12.4. The fourth-order valence-corrected chi connectivity index (χ4v) is 8.16. The molecule has 138 valence electrons. The lowest BCUT2D eigenvalue weighted by molar-refractivity contribution is -0.138. The highest BCUT2D eigenvalue weighted by Gasteiger charge is 2.63. The minimum atomic E-state index is -0.0972. The van der Waals surface area contributed by atoms with Crippen LogP contribution in [0.5, 0.6) is 0 Å². The first-order valence-electron chi connectivity index (χ1n) is 10.4. The number of carbonyl (C=O) groups is 1. The lowest BCUT2D eigenvalue weighted by Gasteiger charge is -2.60. The zero-order chi connectivity index (χ0) is 18.0. The predicted octanol–water partition coefficient (Wildman–Crippen LogP) is 4.34. The number of aliphatic hydroxyl groups excluding tert-OH is 1. The molecule has 9 atom stereocenters. The second-order valence-corrected chi connectivity index (χ2v) is 10.2. The minimum Gasteiger partial charge on any atom is -0.393 e. The SMILES string of the molecule is CC(=O)[C@H]1[C@H](C#N)C[C@H]2[C@@H]3CCC4CC(O)CC[C@]4(C)[C@H]3CC[C@@]21C. The van der Waals surface area contributed by atoms with Crippen molar-refractivity contribution in [1.82, 2.24) is 0 Å². The Morgan fingerprint density at radius 1 is 1.04 bits per heavy atom. The Bertz CT molecular complexity index is 610. The van der Waals surface area contributed by atoms with Gasteiger partial charge in [-0.1, -0.05) is 13.8 Å². The maximum Gasteiger partial charge on any atom is 0.134 e. The van der Waals surface area contributed by atoms with Crippen molar-refractivity contribution in [3.63, 3.8) is 0 Å². The van der Waals surface area contributed by atoms with Gasteiger partial charge in [-0.3, -0.25) is 4.79 Å². The van der Waals surface area contributed by atoms with Crippen LogP contribution in [-0.2, 0) is 4.79 Å². The molecule has 3 nitrogen and oxygen atoms in total. The van der Waals surface area contributed by atoms with Gasteiger partial charge in [0.2, 0.25) is 0 Å². The van der Waals surface area contributed by atoms with Crippen LogP contribution >= 0.6 is 0 Å². The Hall–Kier alpha value is -0.880. The third-order valence-electron chi connectivity index (χ3n) is 9.30. The van der Waals surface area contributed by atoms with E-state index in [-0.39, 0.29) is 29.1 Å². The van der Waals surface area contributed by atoms with Crippen LogP contribution in [0.3, 0.4) is 0 Å². The summed E-state index contributed by atoms with van der Waals surface area (Å²) in [5.74, 6) is 2.70. The van der Waals surface area contributed by atoms with E-state index in [2.05, 4.69) is 19.9 Å². The Balaban J connectivity index is 1.66. The van der Waals surface area contributed by atoms with Gasteiger partial charge in [0.25, 0.3) is 0 Å². The molecule has 0 bridgehead atoms. The molecule has 4 fully saturated rings. The standard InChI is InChI=1S/C22H33NO2/c1-13(24)20-14(12-23)10-19-17-5-4-15-11-16(25)6-8-21(15,2)18(17)7-9-22(19,20)3/h14-20,25H,4-11H2,1-3H3/t14-,15?,16?,17+,18-,19-,20-,21-,22-/m0/s1. The normalized spacial score (nSPS) is 54.8. The molecule has 0 amide bonds. The van der Waals surface area contributed by atoms with Gasteiger partial charge < -0.3 is 5.11 Å². The summed E-state index contributed by atoms with van der Waals surface area (Å²) in [6.45, 7) is 6.51. The van der Waals surface area contributed by atoms with Crippen molar-refractivity contribution in [2.75, 3.05) is 0 Å². The smallest absolute Gasteiger partial charge is 0.134 e. The van der Waals surface area contributed by atoms with E-state index in [4.69, 9.17) is 0 Å². The number of ketones is 1. The largest absolute Gasteiger partial charge is 0.393 e. The zero-order valence-corrected chi connectivity index (χ0v) is 16.0. The summed E-state index contributed by atoms with van der Waals surface area (Å²) in [7, 11) is 0. The highest BCUT2D eigenvalue weighted by atomic mass is 16.3. The predicted molar refractivity (Wildman–Crippen MR) is 96.4 cm³/mol. The van der Waals surface area contributed by atoms with Crippen molar-refractivity contribution in [2.24, 2.45) is 46.3 Å². The molecular weight excluding hydrogens is 310 g/mol. The Labute approximate surface area is 152 Å². The van der Waals surface area contributed by atoms with Crippen molar-refractivity contribution < 1.29 is 9.90 Å². The van der Waals surface area contributed by atoms with Gasteiger partial charge in [-0.15, -0.1) is 0 Å². The fourth-order valence-electron chi connectivity index (χ4n) is 8.16. The molecule has 0 aromatic heterocycles. The van der Waals surface area contributed by atoms with Crippen LogP contribution in [0.25, 0.3) is 0 Å². The zero-order valence-electron chi connectivity index (χ0n) is 16.0. The van der Waals surface area contributed by atoms with E-state index in [0.29, 0.717) is 23.2 Å². The van der Waals surface area contributed by atoms with Crippen molar-refractivity contribution in [1.29, 1.82) is 5.26 Å². The van der Waals surface area contributed by atoms with E-state index in [1.165, 1.54) is 19.3 Å². The monoisotopic (exact) mass is 343 g/mol. The van der Waals surface area contributed by atoms with E-state index in [1.807, 2.05) is 0 Å². The van der Waals surface area contributed by atoms with E-state index >= 15 is 0 Å². The van der Waals surface area contributed by atoms with E-state index < -0.39 is 0 Å². The lowest BCUT2D eigenvalue weighted by Crippen LogP contribution is -2.54. The van der Waals surface area contributed by atoms with Crippen LogP contribution in [0.2, 0.25) is 0 Å². The molecule has 0 spiro atoms. The summed E-state index contributed by atoms with van der Waals surface area (Å²) in [4.78, 5) is 12.4. The Kier molecular flexibility index (Phi) is 4.07. The summed E-state index contributed by atoms with van der Waals surface area (Å²) in [5.41, 5.74) is 0.394. The highest BCUT2D eigenvalue weighted by Crippen LogP contribution is 2.68. The first kappa shape index (κ1) is 17.5. The quantitative estimate of drug-likeness (QED) is 0.770. The first-order chi connectivity index (χ1) is 11.8. The molecule has 1 N–H and O–H groups in total. The molecule has 0 radical (unpaired) electrons. The van der Waals surface area contributed by atoms with Crippen molar-refractivity contribution in [2.45, 2.75) is 78.2 Å². The number of carbonyl (C=O) groups excluding carboxylic acids is 1. The number of rotatable bonds is 1. The number of hydrogen-bond donors (Lipinski definition) is 1. The molecule has 4 aliphatic rings. The molecule has 0 saturated heterocycles. The van der Waals surface area contributed by atoms with Crippen LogP contribution < -0.4 is 0 Å². The van der Waals surface area contributed by atoms with Gasteiger partial charge in [0.05, 0.1) is 18.1 Å². The summed E-state index contributed by atoms with van der Waals surface area (Å²) >= 11 is 0. The van der Waals surface area contributed by atoms with Gasteiger partial charge in [0.1, 0.15) is 5.78 Å². The third kappa shape index (κ3) is 2.36. The molecule has 25 heavy (non-hydrogen) atoms. The van der Waals surface area contributed by atoms with Gasteiger partial charge in [0, 0.05) is 5.92 Å². The topological polar surface area (TPSA) is 61.1 Å². The average Bonchev–Trinajstić information content (AvgIpc) is 2.88. The lowest BCUT2D eigenvalue weighted by atomic mass is 9.44. The maximum absolute atomic E-state index is 12.4. The highest BCUT2D eigenvalue weighted by molar-refractivity contribution is 5.80. The van der Waals surface area contributed by atoms with Gasteiger partial charge in [-0.25, -0.2) is 0 Å². The molecule has 2 unspecified atom stereocenters. The van der Waals surface area contributed by atoms with Crippen LogP contribution in [-0.4, -0.2) is 17.0 Å². The van der Waals surface area contributed by atoms with Gasteiger partial charge in [-0.05, 0) is 92.8 Å². The molecule has 0 heterocycles. The minimum absolute atomic E-state index is 0.0325. The number of nitrogens with zero attached hydrogens (tertiary/aromatic N) is 1. The molecule has 0 aliphatic heterocycles. The molecule has 4 aliphatic carbocycles. The number of nitriles is 1. The summed E-state index contributed by atoms with van der Waals surface area (Å²) in [6.07, 6.45) is 8.70. The summed E-state index contributed by atoms with van der Waals surface area (Å²) in [5, 5.41) is 19.8. The van der Waals surface area contributed by atoms with E-state index in [0.717, 1.165) is 38.0 Å². The van der Waals surface area contributed by atoms with Gasteiger partial charge >= 0.3 is 0 Å². The third-order valence-corrected chi connectivity index (χ3v) is 9.30. The van der Waals surface area contributed by atoms with Crippen LogP contribution in [0, 0.1) is 57.7 Å². The van der Waals surface area contributed by atoms with Crippen molar-refractivity contribution in [3.05, 3.63) is 0 Å². The number of aliphatic hydroxyl groups is 1. The molecule has 4 rings (SSSR count). The summed E-state index contributed by atoms with van der Waals surface area (Å²) < 4.78 is 0. The van der Waals surface area contributed by atoms with Crippen molar-refractivity contribution in [3.8, 4) is 6.07 Å². The Morgan fingerprint density at radius 3 is 2.44 bits per heavy atom. The van der Waals surface area contributed by atoms with Gasteiger partial charge in [-0.2, -0.15) is 5.26 Å². The number of Topliss-reactive ketones (excluding diaryl/α,β-unsaturated/α-hetero) is 1. The van der Waals surface area contributed by atoms with Crippen molar-refractivity contribution >= 4 is 5.78 Å². The number of hydrogen-bond acceptors (Lipinski definition) is 3. The van der Waals surface area contributed by atoms with Crippen LogP contribution in [0.1, 0.15) is 72.1 Å². The molecular formula is C22H33NO2. The van der Waals surface area contributed by atoms with E-state index in [9.17, 15) is 15.2 Å². The average molecular weight is 344 g/mol. The fraction of sp³-hybridized carbons (Fsp3) is 0.909. The first-order valence-corrected chi connectivity index (χ1v) is 10.4. The van der Waals surface area contributed by atoms with Gasteiger partial charge in [0.15, 0.2) is 0 Å². The second-order valence-electron chi connectivity index (χ2n) is 10.2. The molecule has 3 heteroatoms. The Morgan fingerprint density at radius 2 is 1.76 bits per heavy atom. The van der Waals surface area contributed by atoms with Crippen LogP contribution in [0.4, 0.5) is 0 Å². The molecule has 0 aromatic rings. The molecule has 4 saturated carbocycles. The number of fused-ring (bicyclic) bond motifs is 5. The van der Waals surface area contributed by atoms with Crippen LogP contribution in [0.15, 0.2) is 0 Å². The van der Waals surface area contributed by atoms with E-state index in [1.54, 1.807) is 6.92 Å². The second kappa shape index (κ2) is 5.81. The summed E-state index contributed by atoms with van der Waals surface area (Å²) in [6, 6.07) is 2.49.